The predicted octanol–water partition coefficient (Wildman–Crippen LogP) is 1.84. The molecule has 1 aliphatic heterocycles. The summed E-state index contributed by atoms with van der Waals surface area (Å²) < 4.78 is 10.7. The van der Waals surface area contributed by atoms with Gasteiger partial charge in [0.25, 0.3) is 0 Å². The minimum absolute atomic E-state index is 0.154. The van der Waals surface area contributed by atoms with Crippen molar-refractivity contribution in [1.29, 1.82) is 0 Å². The molecule has 2 aliphatic rings. The number of rotatable bonds is 2. The molecule has 0 aromatic carbocycles. The number of aliphatic hydroxyl groups excluding tert-OH is 1. The van der Waals surface area contributed by atoms with Crippen molar-refractivity contribution < 1.29 is 14.4 Å². The van der Waals surface area contributed by atoms with Crippen LogP contribution in [0, 0.1) is 5.92 Å². The first-order valence-electron chi connectivity index (χ1n) is 6.83. The van der Waals surface area contributed by atoms with Crippen molar-refractivity contribution >= 4 is 0 Å². The molecule has 0 bridgehead atoms. The molecule has 1 saturated carbocycles. The van der Waals surface area contributed by atoms with E-state index in [0.717, 1.165) is 24.6 Å². The van der Waals surface area contributed by atoms with E-state index in [4.69, 9.17) is 9.26 Å². The van der Waals surface area contributed by atoms with Crippen LogP contribution in [0.3, 0.4) is 0 Å². The Morgan fingerprint density at radius 2 is 2.17 bits per heavy atom. The van der Waals surface area contributed by atoms with Crippen molar-refractivity contribution in [2.24, 2.45) is 5.92 Å². The van der Waals surface area contributed by atoms with E-state index in [1.54, 1.807) is 0 Å². The van der Waals surface area contributed by atoms with E-state index in [1.807, 2.05) is 0 Å². The van der Waals surface area contributed by atoms with Crippen LogP contribution in [0.25, 0.3) is 0 Å². The van der Waals surface area contributed by atoms with Crippen LogP contribution >= 0.6 is 0 Å². The first-order chi connectivity index (χ1) is 8.74. The van der Waals surface area contributed by atoms with Gasteiger partial charge in [0.1, 0.15) is 0 Å². The van der Waals surface area contributed by atoms with Crippen molar-refractivity contribution in [2.75, 3.05) is 13.2 Å². The maximum absolute atomic E-state index is 9.93. The Balaban J connectivity index is 1.72. The molecule has 0 amide bonds. The maximum Gasteiger partial charge on any atom is 0.234 e. The average Bonchev–Trinajstić information content (AvgIpc) is 2.98. The molecule has 5 nitrogen and oxygen atoms in total. The molecule has 5 heteroatoms. The van der Waals surface area contributed by atoms with E-state index in [0.29, 0.717) is 31.4 Å². The van der Waals surface area contributed by atoms with Gasteiger partial charge < -0.3 is 14.4 Å². The third-order valence-corrected chi connectivity index (χ3v) is 4.15. The molecular weight excluding hydrogens is 232 g/mol. The lowest BCUT2D eigenvalue weighted by Gasteiger charge is -2.24. The summed E-state index contributed by atoms with van der Waals surface area (Å²) in [7, 11) is 0. The van der Waals surface area contributed by atoms with Crippen LogP contribution in [0.5, 0.6) is 0 Å². The summed E-state index contributed by atoms with van der Waals surface area (Å²) >= 11 is 0. The first kappa shape index (κ1) is 12.1. The summed E-state index contributed by atoms with van der Waals surface area (Å²) in [5.41, 5.74) is 0. The maximum atomic E-state index is 9.93. The predicted molar refractivity (Wildman–Crippen MR) is 64.2 cm³/mol. The molecule has 4 atom stereocenters. The van der Waals surface area contributed by atoms with Crippen molar-refractivity contribution in [3.05, 3.63) is 11.7 Å². The molecule has 1 aromatic heterocycles. The fraction of sp³-hybridized carbons (Fsp3) is 0.846. The second kappa shape index (κ2) is 4.97. The van der Waals surface area contributed by atoms with E-state index >= 15 is 0 Å². The highest BCUT2D eigenvalue weighted by Gasteiger charge is 2.32. The van der Waals surface area contributed by atoms with Crippen LogP contribution in [-0.2, 0) is 4.74 Å². The number of nitrogens with zero attached hydrogens (tertiary/aromatic N) is 2. The summed E-state index contributed by atoms with van der Waals surface area (Å²) in [5.74, 6) is 2.38. The van der Waals surface area contributed by atoms with E-state index in [2.05, 4.69) is 17.1 Å². The number of aliphatic hydroxyl groups is 1. The zero-order valence-electron chi connectivity index (χ0n) is 10.7. The van der Waals surface area contributed by atoms with Gasteiger partial charge in [0, 0.05) is 12.5 Å². The number of hydrogen-bond donors (Lipinski definition) is 1. The minimum atomic E-state index is -0.422. The fourth-order valence-corrected chi connectivity index (χ4v) is 2.97. The first-order valence-corrected chi connectivity index (χ1v) is 6.83. The van der Waals surface area contributed by atoms with Crippen molar-refractivity contribution in [3.8, 4) is 0 Å². The van der Waals surface area contributed by atoms with Crippen molar-refractivity contribution in [3.63, 3.8) is 0 Å². The Hall–Kier alpha value is -0.940. The number of ether oxygens (including phenoxy) is 1. The minimum Gasteiger partial charge on any atom is -0.392 e. The zero-order valence-corrected chi connectivity index (χ0v) is 10.7. The summed E-state index contributed by atoms with van der Waals surface area (Å²) in [5, 5.41) is 14.0. The van der Waals surface area contributed by atoms with Gasteiger partial charge in [-0.1, -0.05) is 12.1 Å². The Kier molecular flexibility index (Phi) is 3.35. The molecule has 0 spiro atoms. The lowest BCUT2D eigenvalue weighted by Crippen LogP contribution is -2.30. The highest BCUT2D eigenvalue weighted by molar-refractivity contribution is 5.04. The van der Waals surface area contributed by atoms with Gasteiger partial charge in [-0.2, -0.15) is 4.98 Å². The highest BCUT2D eigenvalue weighted by Crippen LogP contribution is 2.37. The monoisotopic (exact) mass is 252 g/mol. The van der Waals surface area contributed by atoms with Crippen LogP contribution < -0.4 is 0 Å². The lowest BCUT2D eigenvalue weighted by atomic mass is 9.98. The normalized spacial score (nSPS) is 37.0. The Labute approximate surface area is 107 Å². The fourth-order valence-electron chi connectivity index (χ4n) is 2.97. The topological polar surface area (TPSA) is 68.4 Å². The van der Waals surface area contributed by atoms with Crippen LogP contribution in [0.4, 0.5) is 0 Å². The van der Waals surface area contributed by atoms with E-state index in [-0.39, 0.29) is 5.92 Å². The molecule has 2 heterocycles. The molecule has 18 heavy (non-hydrogen) atoms. The van der Waals surface area contributed by atoms with Gasteiger partial charge in [-0.15, -0.1) is 0 Å². The summed E-state index contributed by atoms with van der Waals surface area (Å²) in [6, 6.07) is 0. The molecule has 4 unspecified atom stereocenters. The van der Waals surface area contributed by atoms with Crippen LogP contribution in [0.2, 0.25) is 0 Å². The molecule has 0 radical (unpaired) electrons. The standard InChI is InChI=1S/C13H20N2O3/c1-8-2-3-9(6-8)12-14-13(18-15-12)10-7-17-5-4-11(10)16/h8-11,16H,2-7H2,1H3. The van der Waals surface area contributed by atoms with E-state index in [9.17, 15) is 5.11 Å². The SMILES string of the molecule is CC1CCC(c2noc(C3COCCC3O)n2)C1. The Morgan fingerprint density at radius 3 is 2.89 bits per heavy atom. The molecule has 3 rings (SSSR count). The van der Waals surface area contributed by atoms with Gasteiger partial charge in [-0.05, 0) is 31.6 Å². The summed E-state index contributed by atoms with van der Waals surface area (Å²) in [4.78, 5) is 4.48. The molecule has 1 aliphatic carbocycles. The smallest absolute Gasteiger partial charge is 0.234 e. The third-order valence-electron chi connectivity index (χ3n) is 4.15. The van der Waals surface area contributed by atoms with Gasteiger partial charge in [0.05, 0.1) is 18.6 Å². The number of aromatic nitrogens is 2. The second-order valence-corrected chi connectivity index (χ2v) is 5.64. The highest BCUT2D eigenvalue weighted by atomic mass is 16.5. The van der Waals surface area contributed by atoms with E-state index < -0.39 is 6.10 Å². The molecule has 100 valence electrons. The van der Waals surface area contributed by atoms with Gasteiger partial charge in [0.2, 0.25) is 5.89 Å². The Bertz CT molecular complexity index is 407. The molecule has 1 N–H and O–H groups in total. The molecule has 2 fully saturated rings. The quantitative estimate of drug-likeness (QED) is 0.869. The van der Waals surface area contributed by atoms with Crippen LogP contribution in [0.15, 0.2) is 4.52 Å². The summed E-state index contributed by atoms with van der Waals surface area (Å²) in [6.45, 7) is 3.35. The third kappa shape index (κ3) is 2.29. The van der Waals surface area contributed by atoms with Crippen molar-refractivity contribution in [1.82, 2.24) is 10.1 Å². The van der Waals surface area contributed by atoms with Crippen molar-refractivity contribution in [2.45, 2.75) is 50.5 Å². The van der Waals surface area contributed by atoms with Crippen LogP contribution in [-0.4, -0.2) is 34.6 Å². The second-order valence-electron chi connectivity index (χ2n) is 5.64. The average molecular weight is 252 g/mol. The summed E-state index contributed by atoms with van der Waals surface area (Å²) in [6.07, 6.45) is 3.74. The largest absolute Gasteiger partial charge is 0.392 e. The van der Waals surface area contributed by atoms with Gasteiger partial charge in [-0.3, -0.25) is 0 Å². The zero-order chi connectivity index (χ0) is 12.5. The number of hydrogen-bond acceptors (Lipinski definition) is 5. The molecule has 1 aromatic rings. The molecule has 1 saturated heterocycles. The van der Waals surface area contributed by atoms with Crippen LogP contribution in [0.1, 0.15) is 56.2 Å². The molecular formula is C13H20N2O3. The van der Waals surface area contributed by atoms with Gasteiger partial charge >= 0.3 is 0 Å². The Morgan fingerprint density at radius 1 is 1.28 bits per heavy atom. The van der Waals surface area contributed by atoms with Gasteiger partial charge in [0.15, 0.2) is 5.82 Å². The lowest BCUT2D eigenvalue weighted by molar-refractivity contribution is -0.0149. The van der Waals surface area contributed by atoms with Gasteiger partial charge in [-0.25, -0.2) is 0 Å². The van der Waals surface area contributed by atoms with E-state index in [1.165, 1.54) is 6.42 Å².